The topological polar surface area (TPSA) is 139 Å². The summed E-state index contributed by atoms with van der Waals surface area (Å²) in [6.07, 6.45) is -7.20. The van der Waals surface area contributed by atoms with E-state index in [0.717, 1.165) is 0 Å². The predicted molar refractivity (Wildman–Crippen MR) is 66.5 cm³/mol. The molecule has 3 N–H and O–H groups in total. The summed E-state index contributed by atoms with van der Waals surface area (Å²) >= 11 is 0. The summed E-state index contributed by atoms with van der Waals surface area (Å²) in [5.74, 6) is 0.137. The van der Waals surface area contributed by atoms with Gasteiger partial charge in [-0.1, -0.05) is 0 Å². The number of aliphatic hydroxyl groups excluding tert-OH is 3. The van der Waals surface area contributed by atoms with E-state index in [1.54, 1.807) is 0 Å². The molecule has 0 radical (unpaired) electrons. The molecule has 0 spiro atoms. The second kappa shape index (κ2) is 6.14. The maximum atomic E-state index is 10.7. The molecule has 1 aliphatic heterocycles. The molecular formula is C12H13NO8. The van der Waals surface area contributed by atoms with E-state index in [1.165, 1.54) is 24.3 Å². The van der Waals surface area contributed by atoms with Gasteiger partial charge in [-0.25, -0.2) is 0 Å². The van der Waals surface area contributed by atoms with Crippen molar-refractivity contribution < 1.29 is 34.5 Å². The molecule has 1 aliphatic rings. The first-order valence-electron chi connectivity index (χ1n) is 6.00. The monoisotopic (exact) mass is 299 g/mol. The molecule has 5 atom stereocenters. The number of ether oxygens (including phenoxy) is 2. The van der Waals surface area contributed by atoms with Crippen molar-refractivity contribution in [2.45, 2.75) is 30.7 Å². The minimum absolute atomic E-state index is 0.137. The molecule has 0 aliphatic carbocycles. The quantitative estimate of drug-likeness (QED) is 0.364. The van der Waals surface area contributed by atoms with Crippen LogP contribution in [0.2, 0.25) is 0 Å². The number of aliphatic hydroxyl groups is 3. The first-order valence-corrected chi connectivity index (χ1v) is 6.00. The van der Waals surface area contributed by atoms with Crippen LogP contribution in [0, 0.1) is 10.1 Å². The third kappa shape index (κ3) is 3.16. The minimum atomic E-state index is -1.61. The molecule has 21 heavy (non-hydrogen) atoms. The standard InChI is InChI=1S/C12H13NO8/c14-5-8-9(15)10(16)11(17)12(21-8)20-7-3-1-6(2-4-7)13(18)19/h1-5,8-12,15-17H/t8-,9+,10+,11-,12-/m1/s1. The van der Waals surface area contributed by atoms with Crippen LogP contribution in [0.25, 0.3) is 0 Å². The van der Waals surface area contributed by atoms with Crippen LogP contribution in [0.1, 0.15) is 0 Å². The molecule has 0 saturated carbocycles. The Hall–Kier alpha value is -2.07. The van der Waals surface area contributed by atoms with E-state index >= 15 is 0 Å². The number of nitro benzene ring substituents is 1. The molecule has 1 saturated heterocycles. The summed E-state index contributed by atoms with van der Waals surface area (Å²) in [5, 5.41) is 39.4. The van der Waals surface area contributed by atoms with Crippen LogP contribution < -0.4 is 4.74 Å². The van der Waals surface area contributed by atoms with E-state index in [4.69, 9.17) is 9.47 Å². The number of rotatable bonds is 4. The minimum Gasteiger partial charge on any atom is -0.462 e. The van der Waals surface area contributed by atoms with Crippen molar-refractivity contribution in [1.29, 1.82) is 0 Å². The number of benzene rings is 1. The van der Waals surface area contributed by atoms with Crippen LogP contribution >= 0.6 is 0 Å². The Morgan fingerprint density at radius 3 is 2.29 bits per heavy atom. The summed E-state index contributed by atoms with van der Waals surface area (Å²) in [5.41, 5.74) is -0.145. The molecule has 114 valence electrons. The van der Waals surface area contributed by atoms with Gasteiger partial charge in [-0.3, -0.25) is 10.1 Å². The highest BCUT2D eigenvalue weighted by molar-refractivity contribution is 5.57. The zero-order valence-corrected chi connectivity index (χ0v) is 10.6. The van der Waals surface area contributed by atoms with Gasteiger partial charge >= 0.3 is 0 Å². The van der Waals surface area contributed by atoms with Crippen LogP contribution in [0.4, 0.5) is 5.69 Å². The molecule has 0 amide bonds. The van der Waals surface area contributed by atoms with Gasteiger partial charge in [-0.05, 0) is 12.1 Å². The number of aldehydes is 1. The Labute approximate surface area is 118 Å². The van der Waals surface area contributed by atoms with Crippen molar-refractivity contribution in [3.63, 3.8) is 0 Å². The Morgan fingerprint density at radius 2 is 1.76 bits per heavy atom. The number of nitro groups is 1. The predicted octanol–water partition coefficient (Wildman–Crippen LogP) is -1.02. The smallest absolute Gasteiger partial charge is 0.269 e. The Bertz CT molecular complexity index is 518. The van der Waals surface area contributed by atoms with Crippen LogP contribution in [0.15, 0.2) is 24.3 Å². The van der Waals surface area contributed by atoms with E-state index in [-0.39, 0.29) is 17.7 Å². The molecule has 1 aromatic carbocycles. The highest BCUT2D eigenvalue weighted by Gasteiger charge is 2.44. The van der Waals surface area contributed by atoms with Gasteiger partial charge in [0.2, 0.25) is 6.29 Å². The summed E-state index contributed by atoms with van der Waals surface area (Å²) in [6.45, 7) is 0. The van der Waals surface area contributed by atoms with Gasteiger partial charge in [0.25, 0.3) is 5.69 Å². The summed E-state index contributed by atoms with van der Waals surface area (Å²) in [6, 6.07) is 4.93. The average molecular weight is 299 g/mol. The molecular weight excluding hydrogens is 286 g/mol. The van der Waals surface area contributed by atoms with Crippen LogP contribution in [-0.4, -0.2) is 57.2 Å². The average Bonchev–Trinajstić information content (AvgIpc) is 2.48. The lowest BCUT2D eigenvalue weighted by Gasteiger charge is -2.38. The molecule has 0 bridgehead atoms. The van der Waals surface area contributed by atoms with E-state index in [1.807, 2.05) is 0 Å². The summed E-state index contributed by atoms with van der Waals surface area (Å²) in [7, 11) is 0. The van der Waals surface area contributed by atoms with Crippen molar-refractivity contribution >= 4 is 12.0 Å². The molecule has 1 aromatic rings. The van der Waals surface area contributed by atoms with Gasteiger partial charge in [0.1, 0.15) is 30.2 Å². The van der Waals surface area contributed by atoms with E-state index in [2.05, 4.69) is 0 Å². The molecule has 1 heterocycles. The fourth-order valence-electron chi connectivity index (χ4n) is 1.86. The maximum Gasteiger partial charge on any atom is 0.269 e. The van der Waals surface area contributed by atoms with Crippen molar-refractivity contribution in [2.75, 3.05) is 0 Å². The molecule has 0 unspecified atom stereocenters. The molecule has 0 aromatic heterocycles. The highest BCUT2D eigenvalue weighted by atomic mass is 16.7. The third-order valence-electron chi connectivity index (χ3n) is 3.04. The van der Waals surface area contributed by atoms with Crippen LogP contribution in [-0.2, 0) is 9.53 Å². The number of carbonyl (C=O) groups excluding carboxylic acids is 1. The molecule has 9 heteroatoms. The lowest BCUT2D eigenvalue weighted by molar-refractivity contribution is -0.384. The largest absolute Gasteiger partial charge is 0.462 e. The number of carbonyl (C=O) groups is 1. The third-order valence-corrected chi connectivity index (χ3v) is 3.04. The summed E-state index contributed by atoms with van der Waals surface area (Å²) in [4.78, 5) is 20.7. The first-order chi connectivity index (χ1) is 9.93. The number of hydrogen-bond acceptors (Lipinski definition) is 8. The van der Waals surface area contributed by atoms with Gasteiger partial charge in [0.15, 0.2) is 6.29 Å². The fourth-order valence-corrected chi connectivity index (χ4v) is 1.86. The van der Waals surface area contributed by atoms with Crippen molar-refractivity contribution in [3.05, 3.63) is 34.4 Å². The van der Waals surface area contributed by atoms with Gasteiger partial charge in [0, 0.05) is 12.1 Å². The fraction of sp³-hybridized carbons (Fsp3) is 0.417. The van der Waals surface area contributed by atoms with Gasteiger partial charge in [-0.2, -0.15) is 0 Å². The van der Waals surface area contributed by atoms with Crippen LogP contribution in [0.3, 0.4) is 0 Å². The van der Waals surface area contributed by atoms with Crippen molar-refractivity contribution in [2.24, 2.45) is 0 Å². The second-order valence-corrected chi connectivity index (χ2v) is 4.45. The van der Waals surface area contributed by atoms with Crippen molar-refractivity contribution in [3.8, 4) is 5.75 Å². The number of non-ortho nitro benzene ring substituents is 1. The van der Waals surface area contributed by atoms with E-state index in [0.29, 0.717) is 0 Å². The van der Waals surface area contributed by atoms with E-state index in [9.17, 15) is 30.2 Å². The Balaban J connectivity index is 2.10. The van der Waals surface area contributed by atoms with Gasteiger partial charge < -0.3 is 29.6 Å². The Morgan fingerprint density at radius 1 is 1.14 bits per heavy atom. The van der Waals surface area contributed by atoms with Crippen molar-refractivity contribution in [1.82, 2.24) is 0 Å². The highest BCUT2D eigenvalue weighted by Crippen LogP contribution is 2.25. The first kappa shape index (κ1) is 15.3. The number of nitrogens with zero attached hydrogens (tertiary/aromatic N) is 1. The normalized spacial score (nSPS) is 32.4. The Kier molecular flexibility index (Phi) is 4.48. The maximum absolute atomic E-state index is 10.7. The lowest BCUT2D eigenvalue weighted by atomic mass is 10.00. The SMILES string of the molecule is O=C[C@H]1O[C@@H](Oc2ccc([N+](=O)[O-])cc2)[C@H](O)[C@@H](O)[C@H]1O. The lowest BCUT2D eigenvalue weighted by Crippen LogP contribution is -2.59. The second-order valence-electron chi connectivity index (χ2n) is 4.45. The molecule has 9 nitrogen and oxygen atoms in total. The molecule has 1 fully saturated rings. The van der Waals surface area contributed by atoms with Gasteiger partial charge in [0.05, 0.1) is 4.92 Å². The van der Waals surface area contributed by atoms with E-state index < -0.39 is 35.6 Å². The molecule has 2 rings (SSSR count). The zero-order valence-electron chi connectivity index (χ0n) is 10.6. The zero-order chi connectivity index (χ0) is 15.6. The van der Waals surface area contributed by atoms with Crippen LogP contribution in [0.5, 0.6) is 5.75 Å². The summed E-state index contributed by atoms with van der Waals surface area (Å²) < 4.78 is 10.3. The van der Waals surface area contributed by atoms with Gasteiger partial charge in [-0.15, -0.1) is 0 Å². The number of hydrogen-bond donors (Lipinski definition) is 3.